The molecule has 0 spiro atoms. The van der Waals surface area contributed by atoms with Crippen molar-refractivity contribution in [1.82, 2.24) is 5.32 Å². The van der Waals surface area contributed by atoms with E-state index in [2.05, 4.69) is 5.32 Å². The lowest BCUT2D eigenvalue weighted by Crippen LogP contribution is -2.54. The van der Waals surface area contributed by atoms with Crippen molar-refractivity contribution < 1.29 is 18.7 Å². The van der Waals surface area contributed by atoms with Crippen LogP contribution >= 0.6 is 0 Å². The number of rotatable bonds is 4. The van der Waals surface area contributed by atoms with Gasteiger partial charge in [0.1, 0.15) is 6.10 Å². The minimum atomic E-state index is -2.79. The van der Waals surface area contributed by atoms with Crippen LogP contribution in [0.3, 0.4) is 0 Å². The summed E-state index contributed by atoms with van der Waals surface area (Å²) in [6, 6.07) is 0. The minimum absolute atomic E-state index is 0.105. The van der Waals surface area contributed by atoms with Gasteiger partial charge in [-0.25, -0.2) is 8.78 Å². The van der Waals surface area contributed by atoms with Crippen molar-refractivity contribution in [3.05, 3.63) is 0 Å². The maximum Gasteiger partial charge on any atom is 0.265 e. The first-order chi connectivity index (χ1) is 8.98. The first-order valence-electron chi connectivity index (χ1n) is 7.23. The highest BCUT2D eigenvalue weighted by Crippen LogP contribution is 2.60. The zero-order valence-corrected chi connectivity index (χ0v) is 10.9. The summed E-state index contributed by atoms with van der Waals surface area (Å²) >= 11 is 0. The van der Waals surface area contributed by atoms with Gasteiger partial charge in [0.15, 0.2) is 0 Å². The van der Waals surface area contributed by atoms with E-state index in [1.54, 1.807) is 0 Å². The van der Waals surface area contributed by atoms with E-state index in [1.807, 2.05) is 0 Å². The number of aliphatic hydroxyl groups excluding tert-OH is 1. The summed E-state index contributed by atoms with van der Waals surface area (Å²) in [5, 5.41) is 11.6. The number of carbonyl (C=O) groups is 1. The van der Waals surface area contributed by atoms with Crippen molar-refractivity contribution in [2.75, 3.05) is 6.54 Å². The second-order valence-corrected chi connectivity index (χ2v) is 6.81. The molecule has 4 bridgehead atoms. The van der Waals surface area contributed by atoms with Gasteiger partial charge in [-0.1, -0.05) is 0 Å². The van der Waals surface area contributed by atoms with Crippen LogP contribution in [0.2, 0.25) is 0 Å². The summed E-state index contributed by atoms with van der Waals surface area (Å²) in [6.45, 7) is -0.335. The van der Waals surface area contributed by atoms with E-state index < -0.39 is 12.5 Å². The Morgan fingerprint density at radius 2 is 1.63 bits per heavy atom. The van der Waals surface area contributed by atoms with Gasteiger partial charge >= 0.3 is 0 Å². The molecule has 0 heterocycles. The molecule has 3 nitrogen and oxygen atoms in total. The topological polar surface area (TPSA) is 49.3 Å². The Hall–Kier alpha value is -0.710. The predicted octanol–water partition coefficient (Wildman–Crippen LogP) is 1.94. The fraction of sp³-hybridized carbons (Fsp3) is 0.929. The fourth-order valence-electron chi connectivity index (χ4n) is 4.86. The van der Waals surface area contributed by atoms with Gasteiger partial charge in [-0.3, -0.25) is 4.79 Å². The average molecular weight is 273 g/mol. The van der Waals surface area contributed by atoms with Gasteiger partial charge < -0.3 is 10.4 Å². The zero-order chi connectivity index (χ0) is 13.6. The second kappa shape index (κ2) is 4.69. The van der Waals surface area contributed by atoms with Crippen molar-refractivity contribution >= 4 is 5.91 Å². The Morgan fingerprint density at radius 3 is 2.05 bits per heavy atom. The van der Waals surface area contributed by atoms with Crippen LogP contribution in [0, 0.1) is 23.2 Å². The zero-order valence-electron chi connectivity index (χ0n) is 10.9. The van der Waals surface area contributed by atoms with Crippen LogP contribution in [0.25, 0.3) is 0 Å². The minimum Gasteiger partial charge on any atom is -0.385 e. The van der Waals surface area contributed by atoms with Crippen LogP contribution in [0.4, 0.5) is 8.78 Å². The molecule has 1 atom stereocenters. The number of alkyl halides is 2. The largest absolute Gasteiger partial charge is 0.385 e. The molecule has 0 saturated heterocycles. The Morgan fingerprint density at radius 1 is 1.16 bits per heavy atom. The van der Waals surface area contributed by atoms with Crippen molar-refractivity contribution in [3.8, 4) is 0 Å². The summed E-state index contributed by atoms with van der Waals surface area (Å²) in [7, 11) is 0. The van der Waals surface area contributed by atoms with Gasteiger partial charge in [0.2, 0.25) is 5.91 Å². The van der Waals surface area contributed by atoms with Gasteiger partial charge in [-0.2, -0.15) is 0 Å². The van der Waals surface area contributed by atoms with Crippen molar-refractivity contribution in [1.29, 1.82) is 0 Å². The van der Waals surface area contributed by atoms with Gasteiger partial charge in [-0.05, 0) is 56.3 Å². The highest BCUT2D eigenvalue weighted by atomic mass is 19.3. The molecule has 4 fully saturated rings. The van der Waals surface area contributed by atoms with Gasteiger partial charge in [-0.15, -0.1) is 0 Å². The van der Waals surface area contributed by atoms with E-state index in [0.717, 1.165) is 19.3 Å². The van der Waals surface area contributed by atoms with E-state index in [9.17, 15) is 13.6 Å². The first-order valence-corrected chi connectivity index (χ1v) is 7.23. The molecule has 108 valence electrons. The molecule has 0 aromatic heterocycles. The molecule has 5 heteroatoms. The van der Waals surface area contributed by atoms with Crippen LogP contribution in [-0.4, -0.2) is 30.1 Å². The van der Waals surface area contributed by atoms with Gasteiger partial charge in [0, 0.05) is 12.0 Å². The quantitative estimate of drug-likeness (QED) is 0.822. The third kappa shape index (κ3) is 2.37. The van der Waals surface area contributed by atoms with Crippen molar-refractivity contribution in [2.24, 2.45) is 23.2 Å². The van der Waals surface area contributed by atoms with Crippen LogP contribution in [0.5, 0.6) is 0 Å². The fourth-order valence-corrected chi connectivity index (χ4v) is 4.86. The summed E-state index contributed by atoms with van der Waals surface area (Å²) in [5.41, 5.74) is -0.323. The normalized spacial score (nSPS) is 41.6. The Kier molecular flexibility index (Phi) is 3.28. The Labute approximate surface area is 111 Å². The molecule has 4 aliphatic carbocycles. The van der Waals surface area contributed by atoms with Gasteiger partial charge in [0.05, 0.1) is 0 Å². The number of nitrogens with one attached hydrogen (secondary N) is 1. The van der Waals surface area contributed by atoms with E-state index in [4.69, 9.17) is 5.11 Å². The van der Waals surface area contributed by atoms with E-state index in [1.165, 1.54) is 19.3 Å². The molecule has 4 saturated carbocycles. The third-order valence-electron chi connectivity index (χ3n) is 5.28. The number of amides is 1. The molecule has 1 amide bonds. The number of aliphatic hydroxyl groups is 1. The molecule has 0 aliphatic heterocycles. The number of halogens is 2. The van der Waals surface area contributed by atoms with Crippen LogP contribution in [0.15, 0.2) is 0 Å². The molecule has 0 aromatic rings. The Balaban J connectivity index is 1.63. The highest BCUT2D eigenvalue weighted by Gasteiger charge is 2.54. The van der Waals surface area contributed by atoms with Crippen molar-refractivity contribution in [2.45, 2.75) is 51.1 Å². The number of carbonyl (C=O) groups excluding carboxylic acids is 1. The summed E-state index contributed by atoms with van der Waals surface area (Å²) in [4.78, 5) is 12.4. The third-order valence-corrected chi connectivity index (χ3v) is 5.28. The van der Waals surface area contributed by atoms with Crippen LogP contribution in [0.1, 0.15) is 38.5 Å². The molecule has 1 unspecified atom stereocenters. The molecule has 0 aromatic carbocycles. The molecule has 0 radical (unpaired) electrons. The van der Waals surface area contributed by atoms with E-state index >= 15 is 0 Å². The monoisotopic (exact) mass is 273 g/mol. The average Bonchev–Trinajstić information content (AvgIpc) is 2.33. The molecule has 2 N–H and O–H groups in total. The lowest BCUT2D eigenvalue weighted by atomic mass is 9.49. The molecule has 19 heavy (non-hydrogen) atoms. The summed E-state index contributed by atoms with van der Waals surface area (Å²) in [6.07, 6.45) is 1.92. The number of hydrogen-bond acceptors (Lipinski definition) is 2. The smallest absolute Gasteiger partial charge is 0.265 e. The van der Waals surface area contributed by atoms with Crippen LogP contribution < -0.4 is 5.32 Å². The van der Waals surface area contributed by atoms with E-state index in [0.29, 0.717) is 17.8 Å². The second-order valence-electron chi connectivity index (χ2n) is 6.81. The molecule has 4 aliphatic rings. The summed E-state index contributed by atoms with van der Waals surface area (Å²) < 4.78 is 24.5. The van der Waals surface area contributed by atoms with Gasteiger partial charge in [0.25, 0.3) is 6.43 Å². The predicted molar refractivity (Wildman–Crippen MR) is 65.6 cm³/mol. The van der Waals surface area contributed by atoms with Crippen LogP contribution in [-0.2, 0) is 4.79 Å². The summed E-state index contributed by atoms with van der Waals surface area (Å²) in [5.74, 6) is 1.84. The molecule has 4 rings (SSSR count). The first kappa shape index (κ1) is 13.3. The Bertz CT molecular complexity index is 337. The standard InChI is InChI=1S/C14H21F2NO2/c15-12(16)11(18)7-17-13(19)14-4-8-1-9(5-14)3-10(2-8)6-14/h8-12,18H,1-7H2,(H,17,19). The lowest BCUT2D eigenvalue weighted by molar-refractivity contribution is -0.147. The molecular formula is C14H21F2NO2. The lowest BCUT2D eigenvalue weighted by Gasteiger charge is -2.55. The maximum atomic E-state index is 12.4. The molecular weight excluding hydrogens is 252 g/mol. The maximum absolute atomic E-state index is 12.4. The highest BCUT2D eigenvalue weighted by molar-refractivity contribution is 5.83. The number of hydrogen-bond donors (Lipinski definition) is 2. The van der Waals surface area contributed by atoms with Crippen molar-refractivity contribution in [3.63, 3.8) is 0 Å². The SMILES string of the molecule is O=C(NCC(O)C(F)F)C12CC3CC(CC(C3)C1)C2. The van der Waals surface area contributed by atoms with E-state index in [-0.39, 0.29) is 17.9 Å².